The van der Waals surface area contributed by atoms with Crippen LogP contribution in [0.5, 0.6) is 5.75 Å². The predicted molar refractivity (Wildman–Crippen MR) is 76.7 cm³/mol. The smallest absolute Gasteiger partial charge is 0.264 e. The number of ether oxygens (including phenoxy) is 1. The van der Waals surface area contributed by atoms with Crippen molar-refractivity contribution in [3.63, 3.8) is 0 Å². The minimum absolute atomic E-state index is 0.291. The number of pyridine rings is 1. The highest BCUT2D eigenvalue weighted by atomic mass is 19.3. The number of anilines is 1. The predicted octanol–water partition coefficient (Wildman–Crippen LogP) is 2.22. The Morgan fingerprint density at radius 1 is 1.48 bits per heavy atom. The molecule has 1 rings (SSSR count). The average Bonchev–Trinajstić information content (AvgIpc) is 2.41. The van der Waals surface area contributed by atoms with Crippen molar-refractivity contribution in [2.45, 2.75) is 19.8 Å². The maximum atomic E-state index is 12.5. The average molecular weight is 299 g/mol. The van der Waals surface area contributed by atoms with Crippen LogP contribution in [-0.4, -0.2) is 36.5 Å². The van der Waals surface area contributed by atoms with E-state index in [0.29, 0.717) is 37.3 Å². The fourth-order valence-corrected chi connectivity index (χ4v) is 1.42. The molecule has 1 amide bonds. The van der Waals surface area contributed by atoms with E-state index in [4.69, 9.17) is 4.74 Å². The molecule has 0 unspecified atom stereocenters. The fraction of sp³-hybridized carbons (Fsp3) is 0.429. The third-order valence-corrected chi connectivity index (χ3v) is 2.30. The quantitative estimate of drug-likeness (QED) is 0.571. The van der Waals surface area contributed by atoms with Gasteiger partial charge in [-0.2, -0.15) is 0 Å². The third kappa shape index (κ3) is 7.86. The van der Waals surface area contributed by atoms with E-state index in [-0.39, 0.29) is 0 Å². The van der Waals surface area contributed by atoms with Crippen LogP contribution in [0, 0.1) is 0 Å². The number of aromatic nitrogens is 1. The van der Waals surface area contributed by atoms with Crippen molar-refractivity contribution in [3.8, 4) is 5.75 Å². The van der Waals surface area contributed by atoms with Gasteiger partial charge in [0.15, 0.2) is 0 Å². The Morgan fingerprint density at radius 3 is 2.90 bits per heavy atom. The van der Waals surface area contributed by atoms with Gasteiger partial charge in [0.25, 0.3) is 5.92 Å². The van der Waals surface area contributed by atoms with Gasteiger partial charge in [-0.1, -0.05) is 0 Å². The number of hydrogen-bond acceptors (Lipinski definition) is 4. The van der Waals surface area contributed by atoms with E-state index < -0.39 is 11.8 Å². The van der Waals surface area contributed by atoms with Gasteiger partial charge in [-0.15, -0.1) is 0 Å². The van der Waals surface area contributed by atoms with Crippen LogP contribution in [0.25, 0.3) is 0 Å². The van der Waals surface area contributed by atoms with Gasteiger partial charge in [-0.3, -0.25) is 4.79 Å². The molecule has 0 aliphatic heterocycles. The van der Waals surface area contributed by atoms with Crippen molar-refractivity contribution >= 4 is 11.7 Å². The lowest BCUT2D eigenvalue weighted by Gasteiger charge is -2.08. The van der Waals surface area contributed by atoms with Crippen molar-refractivity contribution in [3.05, 3.63) is 30.5 Å². The topological polar surface area (TPSA) is 63.2 Å². The first-order valence-corrected chi connectivity index (χ1v) is 6.58. The van der Waals surface area contributed by atoms with Gasteiger partial charge < -0.3 is 15.4 Å². The van der Waals surface area contributed by atoms with Gasteiger partial charge in [0.1, 0.15) is 11.6 Å². The van der Waals surface area contributed by atoms with Crippen molar-refractivity contribution < 1.29 is 18.3 Å². The van der Waals surface area contributed by atoms with Crippen molar-refractivity contribution in [2.75, 3.05) is 25.0 Å². The van der Waals surface area contributed by atoms with Gasteiger partial charge in [-0.25, -0.2) is 13.8 Å². The van der Waals surface area contributed by atoms with Crippen LogP contribution < -0.4 is 15.4 Å². The molecule has 21 heavy (non-hydrogen) atoms. The molecule has 0 saturated heterocycles. The summed E-state index contributed by atoms with van der Waals surface area (Å²) in [6, 6.07) is 3.48. The summed E-state index contributed by atoms with van der Waals surface area (Å²) in [7, 11) is 0. The Hall–Kier alpha value is -2.18. The number of alkyl halides is 2. The summed E-state index contributed by atoms with van der Waals surface area (Å²) in [5, 5.41) is 5.48. The summed E-state index contributed by atoms with van der Waals surface area (Å²) in [5.41, 5.74) is 0. The van der Waals surface area contributed by atoms with Gasteiger partial charge in [0.05, 0.1) is 6.61 Å². The maximum Gasteiger partial charge on any atom is 0.264 e. The first-order chi connectivity index (χ1) is 9.90. The lowest BCUT2D eigenvalue weighted by Crippen LogP contribution is -2.27. The highest BCUT2D eigenvalue weighted by molar-refractivity contribution is 5.87. The van der Waals surface area contributed by atoms with Gasteiger partial charge in [0, 0.05) is 38.4 Å². The number of amides is 1. The number of nitrogens with one attached hydrogen (secondary N) is 2. The Balaban J connectivity index is 2.29. The molecule has 0 saturated carbocycles. The van der Waals surface area contributed by atoms with Crippen molar-refractivity contribution in [1.82, 2.24) is 10.3 Å². The van der Waals surface area contributed by atoms with E-state index >= 15 is 0 Å². The second-order valence-electron chi connectivity index (χ2n) is 4.32. The largest absolute Gasteiger partial charge is 0.494 e. The molecule has 0 atom stereocenters. The van der Waals surface area contributed by atoms with E-state index in [0.717, 1.165) is 13.0 Å². The molecule has 1 aromatic rings. The van der Waals surface area contributed by atoms with Crippen LogP contribution in [0.15, 0.2) is 30.5 Å². The van der Waals surface area contributed by atoms with E-state index in [1.165, 1.54) is 0 Å². The molecule has 5 nitrogen and oxygen atoms in total. The Bertz CT molecular complexity index is 487. The summed E-state index contributed by atoms with van der Waals surface area (Å²) >= 11 is 0. The molecule has 1 heterocycles. The van der Waals surface area contributed by atoms with E-state index in [1.807, 2.05) is 6.92 Å². The molecule has 116 valence electrons. The van der Waals surface area contributed by atoms with Gasteiger partial charge >= 0.3 is 0 Å². The normalized spacial score (nSPS) is 11.4. The highest BCUT2D eigenvalue weighted by Gasteiger charge is 2.15. The number of allylic oxidation sites excluding steroid dienone is 1. The number of hydrogen-bond donors (Lipinski definition) is 2. The molecule has 0 aliphatic rings. The second kappa shape index (κ2) is 8.18. The number of carbonyl (C=O) groups is 1. The first kappa shape index (κ1) is 16.9. The minimum atomic E-state index is -2.99. The SMILES string of the molecule is CCOc1ccnc(NCCNC(=O)C=CC(C)(F)F)c1. The number of nitrogens with zero attached hydrogens (tertiary/aromatic N) is 1. The summed E-state index contributed by atoms with van der Waals surface area (Å²) < 4.78 is 30.3. The van der Waals surface area contributed by atoms with Crippen molar-refractivity contribution in [2.24, 2.45) is 0 Å². The van der Waals surface area contributed by atoms with Crippen LogP contribution in [-0.2, 0) is 4.79 Å². The zero-order valence-corrected chi connectivity index (χ0v) is 12.0. The molecular formula is C14H19F2N3O2. The minimum Gasteiger partial charge on any atom is -0.494 e. The lowest BCUT2D eigenvalue weighted by atomic mass is 10.3. The highest BCUT2D eigenvalue weighted by Crippen LogP contribution is 2.14. The summed E-state index contributed by atoms with van der Waals surface area (Å²) in [5.74, 6) is -2.23. The summed E-state index contributed by atoms with van der Waals surface area (Å²) in [4.78, 5) is 15.3. The van der Waals surface area contributed by atoms with Crippen LogP contribution >= 0.6 is 0 Å². The zero-order chi connectivity index (χ0) is 15.7. The monoisotopic (exact) mass is 299 g/mol. The molecule has 2 N–H and O–H groups in total. The molecule has 0 bridgehead atoms. The maximum absolute atomic E-state index is 12.5. The van der Waals surface area contributed by atoms with Crippen molar-refractivity contribution in [1.29, 1.82) is 0 Å². The molecule has 1 aromatic heterocycles. The molecular weight excluding hydrogens is 280 g/mol. The molecule has 0 aromatic carbocycles. The first-order valence-electron chi connectivity index (χ1n) is 6.58. The molecule has 0 radical (unpaired) electrons. The molecule has 0 fully saturated rings. The van der Waals surface area contributed by atoms with Crippen LogP contribution in [0.4, 0.5) is 14.6 Å². The summed E-state index contributed by atoms with van der Waals surface area (Å²) in [6.07, 6.45) is 2.99. The van der Waals surface area contributed by atoms with E-state index in [1.54, 1.807) is 18.3 Å². The van der Waals surface area contributed by atoms with Gasteiger partial charge in [-0.05, 0) is 19.1 Å². The Morgan fingerprint density at radius 2 is 2.24 bits per heavy atom. The third-order valence-electron chi connectivity index (χ3n) is 2.30. The standard InChI is InChI=1S/C14H19F2N3O2/c1-3-21-11-5-7-17-12(10-11)18-8-9-19-13(20)4-6-14(2,15)16/h4-7,10H,3,8-9H2,1-2H3,(H,17,18)(H,19,20). The second-order valence-corrected chi connectivity index (χ2v) is 4.32. The number of rotatable bonds is 8. The number of carbonyl (C=O) groups excluding carboxylic acids is 1. The molecule has 0 aliphatic carbocycles. The van der Waals surface area contributed by atoms with Crippen LogP contribution in [0.1, 0.15) is 13.8 Å². The number of halogens is 2. The van der Waals surface area contributed by atoms with Gasteiger partial charge in [0.2, 0.25) is 5.91 Å². The van der Waals surface area contributed by atoms with E-state index in [9.17, 15) is 13.6 Å². The van der Waals surface area contributed by atoms with E-state index in [2.05, 4.69) is 15.6 Å². The summed E-state index contributed by atoms with van der Waals surface area (Å²) in [6.45, 7) is 3.88. The van der Waals surface area contributed by atoms with Crippen LogP contribution in [0.3, 0.4) is 0 Å². The molecule has 7 heteroatoms. The molecule has 0 spiro atoms. The Kier molecular flexibility index (Phi) is 6.58. The fourth-order valence-electron chi connectivity index (χ4n) is 1.42. The zero-order valence-electron chi connectivity index (χ0n) is 12.0. The Labute approximate surface area is 122 Å². The lowest BCUT2D eigenvalue weighted by molar-refractivity contribution is -0.116. The van der Waals surface area contributed by atoms with Crippen LogP contribution in [0.2, 0.25) is 0 Å².